The molecule has 0 saturated carbocycles. The predicted octanol–water partition coefficient (Wildman–Crippen LogP) is 17.1. The maximum Gasteiger partial charge on any atom is 0.306 e. The Bertz CT molecular complexity index is 1070. The molecule has 354 valence electrons. The normalized spacial score (nSPS) is 12.4. The summed E-state index contributed by atoms with van der Waals surface area (Å²) < 4.78 is 16.8. The molecule has 0 aromatic heterocycles. The van der Waals surface area contributed by atoms with Gasteiger partial charge in [0.2, 0.25) is 0 Å². The van der Waals surface area contributed by atoms with Gasteiger partial charge in [-0.3, -0.25) is 14.4 Å². The summed E-state index contributed by atoms with van der Waals surface area (Å²) in [6.07, 6.45) is 59.5. The molecule has 0 aliphatic rings. The van der Waals surface area contributed by atoms with Gasteiger partial charge in [0.25, 0.3) is 0 Å². The molecule has 0 aromatic rings. The van der Waals surface area contributed by atoms with Crippen LogP contribution in [-0.2, 0) is 28.6 Å². The van der Waals surface area contributed by atoms with E-state index in [0.29, 0.717) is 19.3 Å². The van der Waals surface area contributed by atoms with Crippen molar-refractivity contribution in [1.29, 1.82) is 0 Å². The zero-order valence-electron chi connectivity index (χ0n) is 40.4. The number of allylic oxidation sites excluding steroid dienone is 8. The number of carbonyl (C=O) groups excluding carboxylic acids is 3. The van der Waals surface area contributed by atoms with E-state index in [-0.39, 0.29) is 31.1 Å². The van der Waals surface area contributed by atoms with E-state index in [9.17, 15) is 14.4 Å². The van der Waals surface area contributed by atoms with Gasteiger partial charge in [-0.15, -0.1) is 0 Å². The zero-order chi connectivity index (χ0) is 44.4. The molecule has 0 aromatic carbocycles. The van der Waals surface area contributed by atoms with Crippen LogP contribution in [-0.4, -0.2) is 37.2 Å². The lowest BCUT2D eigenvalue weighted by Crippen LogP contribution is -2.30. The molecule has 0 aliphatic heterocycles. The number of rotatable bonds is 47. The van der Waals surface area contributed by atoms with Crippen LogP contribution in [0.4, 0.5) is 0 Å². The molecular formula is C55H98O6. The Morgan fingerprint density at radius 1 is 0.328 bits per heavy atom. The maximum atomic E-state index is 12.8. The first-order valence-corrected chi connectivity index (χ1v) is 26.1. The van der Waals surface area contributed by atoms with E-state index in [0.717, 1.165) is 89.9 Å². The fourth-order valence-electron chi connectivity index (χ4n) is 7.27. The first-order chi connectivity index (χ1) is 30.0. The average Bonchev–Trinajstić information content (AvgIpc) is 3.26. The van der Waals surface area contributed by atoms with Crippen LogP contribution in [0, 0.1) is 0 Å². The summed E-state index contributed by atoms with van der Waals surface area (Å²) in [5.74, 6) is -0.902. The maximum absolute atomic E-state index is 12.8. The minimum atomic E-state index is -0.782. The fraction of sp³-hybridized carbons (Fsp3) is 0.800. The molecule has 0 heterocycles. The first kappa shape index (κ1) is 58.4. The van der Waals surface area contributed by atoms with E-state index < -0.39 is 6.10 Å². The summed E-state index contributed by atoms with van der Waals surface area (Å²) in [4.78, 5) is 37.9. The van der Waals surface area contributed by atoms with Crippen LogP contribution in [0.15, 0.2) is 48.6 Å². The van der Waals surface area contributed by atoms with E-state index in [1.807, 2.05) is 0 Å². The van der Waals surface area contributed by atoms with Crippen molar-refractivity contribution < 1.29 is 28.6 Å². The lowest BCUT2D eigenvalue weighted by molar-refractivity contribution is -0.167. The van der Waals surface area contributed by atoms with Gasteiger partial charge in [-0.25, -0.2) is 0 Å². The third kappa shape index (κ3) is 48.3. The van der Waals surface area contributed by atoms with Gasteiger partial charge in [0.15, 0.2) is 6.10 Å². The highest BCUT2D eigenvalue weighted by Crippen LogP contribution is 2.14. The molecule has 0 unspecified atom stereocenters. The van der Waals surface area contributed by atoms with Crippen LogP contribution < -0.4 is 0 Å². The molecule has 0 aliphatic carbocycles. The van der Waals surface area contributed by atoms with Crippen molar-refractivity contribution in [2.45, 2.75) is 271 Å². The minimum Gasteiger partial charge on any atom is -0.462 e. The van der Waals surface area contributed by atoms with Crippen molar-refractivity contribution in [3.8, 4) is 0 Å². The van der Waals surface area contributed by atoms with E-state index in [1.54, 1.807) is 0 Å². The van der Waals surface area contributed by atoms with Gasteiger partial charge >= 0.3 is 17.9 Å². The number of hydrogen-bond acceptors (Lipinski definition) is 6. The lowest BCUT2D eigenvalue weighted by atomic mass is 10.1. The van der Waals surface area contributed by atoms with E-state index in [2.05, 4.69) is 69.4 Å². The molecule has 0 radical (unpaired) electrons. The third-order valence-electron chi connectivity index (χ3n) is 11.3. The van der Waals surface area contributed by atoms with Crippen LogP contribution in [0.1, 0.15) is 265 Å². The largest absolute Gasteiger partial charge is 0.462 e. The second kappa shape index (κ2) is 50.0. The molecule has 0 bridgehead atoms. The Balaban J connectivity index is 4.37. The van der Waals surface area contributed by atoms with Gasteiger partial charge in [-0.1, -0.05) is 198 Å². The molecule has 0 fully saturated rings. The summed E-state index contributed by atoms with van der Waals surface area (Å²) in [6, 6.07) is 0. The van der Waals surface area contributed by atoms with Gasteiger partial charge in [0.05, 0.1) is 0 Å². The standard InChI is InChI=1S/C55H98O6/c1-4-7-10-13-16-19-22-24-26-27-29-30-33-36-39-42-45-48-54(57)60-51-52(50-59-53(56)47-44-41-38-35-32-21-18-15-12-9-6-3)61-55(58)49-46-43-40-37-34-31-28-25-23-20-17-14-11-8-5-2/h15-16,18-19,24-26,28,52H,4-14,17,20-23,27,29-51H2,1-3H3/b18-15-,19-16-,26-24-,28-25-/t52-/m1/s1. The van der Waals surface area contributed by atoms with Gasteiger partial charge in [0.1, 0.15) is 13.2 Å². The minimum absolute atomic E-state index is 0.0825. The molecule has 1 atom stereocenters. The van der Waals surface area contributed by atoms with Crippen molar-refractivity contribution in [3.05, 3.63) is 48.6 Å². The Hall–Kier alpha value is -2.63. The fourth-order valence-corrected chi connectivity index (χ4v) is 7.27. The van der Waals surface area contributed by atoms with Crippen molar-refractivity contribution in [3.63, 3.8) is 0 Å². The third-order valence-corrected chi connectivity index (χ3v) is 11.3. The number of carbonyl (C=O) groups is 3. The number of esters is 3. The highest BCUT2D eigenvalue weighted by molar-refractivity contribution is 5.71. The van der Waals surface area contributed by atoms with E-state index in [4.69, 9.17) is 14.2 Å². The van der Waals surface area contributed by atoms with Gasteiger partial charge in [0, 0.05) is 19.3 Å². The highest BCUT2D eigenvalue weighted by atomic mass is 16.6. The summed E-state index contributed by atoms with van der Waals surface area (Å²) in [5, 5.41) is 0. The monoisotopic (exact) mass is 855 g/mol. The highest BCUT2D eigenvalue weighted by Gasteiger charge is 2.19. The quantitative estimate of drug-likeness (QED) is 0.0263. The van der Waals surface area contributed by atoms with Crippen molar-refractivity contribution in [2.24, 2.45) is 0 Å². The predicted molar refractivity (Wildman–Crippen MR) is 261 cm³/mol. The van der Waals surface area contributed by atoms with Crippen LogP contribution in [0.5, 0.6) is 0 Å². The van der Waals surface area contributed by atoms with Crippen molar-refractivity contribution in [2.75, 3.05) is 13.2 Å². The Morgan fingerprint density at radius 3 is 1.00 bits per heavy atom. The van der Waals surface area contributed by atoms with E-state index >= 15 is 0 Å². The molecule has 0 saturated heterocycles. The second-order valence-electron chi connectivity index (χ2n) is 17.4. The second-order valence-corrected chi connectivity index (χ2v) is 17.4. The topological polar surface area (TPSA) is 78.9 Å². The molecule has 61 heavy (non-hydrogen) atoms. The molecule has 6 heteroatoms. The molecule has 0 N–H and O–H groups in total. The average molecular weight is 855 g/mol. The molecule has 0 rings (SSSR count). The number of hydrogen-bond donors (Lipinski definition) is 0. The van der Waals surface area contributed by atoms with Crippen molar-refractivity contribution in [1.82, 2.24) is 0 Å². The summed E-state index contributed by atoms with van der Waals surface area (Å²) >= 11 is 0. The van der Waals surface area contributed by atoms with Gasteiger partial charge in [-0.2, -0.15) is 0 Å². The summed E-state index contributed by atoms with van der Waals surface area (Å²) in [7, 11) is 0. The zero-order valence-corrected chi connectivity index (χ0v) is 40.4. The van der Waals surface area contributed by atoms with Crippen LogP contribution in [0.2, 0.25) is 0 Å². The Kier molecular flexibility index (Phi) is 47.9. The van der Waals surface area contributed by atoms with Crippen molar-refractivity contribution >= 4 is 17.9 Å². The van der Waals surface area contributed by atoms with Gasteiger partial charge < -0.3 is 14.2 Å². The molecule has 6 nitrogen and oxygen atoms in total. The Labute approximate surface area is 378 Å². The smallest absolute Gasteiger partial charge is 0.306 e. The van der Waals surface area contributed by atoms with Crippen LogP contribution in [0.3, 0.4) is 0 Å². The van der Waals surface area contributed by atoms with E-state index in [1.165, 1.54) is 135 Å². The molecular weight excluding hydrogens is 757 g/mol. The molecule has 0 amide bonds. The summed E-state index contributed by atoms with van der Waals surface area (Å²) in [5.41, 5.74) is 0. The Morgan fingerprint density at radius 2 is 0.607 bits per heavy atom. The van der Waals surface area contributed by atoms with Crippen LogP contribution in [0.25, 0.3) is 0 Å². The number of ether oxygens (including phenoxy) is 3. The van der Waals surface area contributed by atoms with Crippen LogP contribution >= 0.6 is 0 Å². The van der Waals surface area contributed by atoms with Gasteiger partial charge in [-0.05, 0) is 96.3 Å². The SMILES string of the molecule is CCCC/C=C\CCCCCCCC(=O)OC[C@H](COC(=O)CCCCCCCCC/C=C\C/C=C\CCCCC)OC(=O)CCCCCCC/C=C\CCCCCCCC. The summed E-state index contributed by atoms with van der Waals surface area (Å²) in [6.45, 7) is 6.56. The lowest BCUT2D eigenvalue weighted by Gasteiger charge is -2.18. The molecule has 0 spiro atoms. The first-order valence-electron chi connectivity index (χ1n) is 26.1. The number of unbranched alkanes of at least 4 members (excludes halogenated alkanes) is 28.